The van der Waals surface area contributed by atoms with Crippen LogP contribution in [-0.4, -0.2) is 6.04 Å². The molecule has 0 radical (unpaired) electrons. The van der Waals surface area contributed by atoms with Gasteiger partial charge >= 0.3 is 0 Å². The fraction of sp³-hybridized carbons (Fsp3) is 0.647. The van der Waals surface area contributed by atoms with Gasteiger partial charge in [0.15, 0.2) is 0 Å². The lowest BCUT2D eigenvalue weighted by molar-refractivity contribution is 0.527. The largest absolute Gasteiger partial charge is 0.381 e. The Bertz CT molecular complexity index is 447. The van der Waals surface area contributed by atoms with Crippen LogP contribution in [0.2, 0.25) is 0 Å². The predicted molar refractivity (Wildman–Crippen MR) is 87.8 cm³/mol. The number of nitroso groups, excluding NO2 is 1. The monoisotopic (exact) mass is 276 g/mol. The quantitative estimate of drug-likeness (QED) is 0.685. The molecule has 0 amide bonds. The fourth-order valence-electron chi connectivity index (χ4n) is 2.12. The van der Waals surface area contributed by atoms with Crippen molar-refractivity contribution in [3.05, 3.63) is 28.7 Å². The third kappa shape index (κ3) is 4.95. The van der Waals surface area contributed by atoms with E-state index in [-0.39, 0.29) is 5.41 Å². The first-order valence-corrected chi connectivity index (χ1v) is 7.48. The molecule has 0 bridgehead atoms. The van der Waals surface area contributed by atoms with Crippen LogP contribution in [0, 0.1) is 10.8 Å². The summed E-state index contributed by atoms with van der Waals surface area (Å²) in [6.45, 7) is 13.0. The zero-order valence-corrected chi connectivity index (χ0v) is 13.7. The summed E-state index contributed by atoms with van der Waals surface area (Å²) in [5, 5.41) is 6.58. The zero-order chi connectivity index (χ0) is 15.3. The van der Waals surface area contributed by atoms with E-state index >= 15 is 0 Å². The predicted octanol–water partition coefficient (Wildman–Crippen LogP) is 5.62. The Hall–Kier alpha value is -1.38. The highest BCUT2D eigenvalue weighted by Gasteiger charge is 2.16. The second kappa shape index (κ2) is 6.87. The normalized spacial score (nSPS) is 13.3. The van der Waals surface area contributed by atoms with Crippen molar-refractivity contribution in [1.29, 1.82) is 0 Å². The van der Waals surface area contributed by atoms with Crippen LogP contribution >= 0.6 is 0 Å². The molecule has 1 unspecified atom stereocenters. The molecule has 0 heterocycles. The summed E-state index contributed by atoms with van der Waals surface area (Å²) in [4.78, 5) is 11.1. The van der Waals surface area contributed by atoms with E-state index in [0.29, 0.717) is 17.6 Å². The molecule has 0 aliphatic heterocycles. The first-order valence-electron chi connectivity index (χ1n) is 7.48. The van der Waals surface area contributed by atoms with Crippen LogP contribution in [0.3, 0.4) is 0 Å². The second-order valence-electron chi connectivity index (χ2n) is 7.09. The highest BCUT2D eigenvalue weighted by Crippen LogP contribution is 2.32. The van der Waals surface area contributed by atoms with Crippen molar-refractivity contribution >= 4 is 11.4 Å². The number of nitrogens with zero attached hydrogens (tertiary/aromatic N) is 1. The van der Waals surface area contributed by atoms with Gasteiger partial charge in [-0.25, -0.2) is 0 Å². The molecular weight excluding hydrogens is 248 g/mol. The van der Waals surface area contributed by atoms with Crippen molar-refractivity contribution in [2.24, 2.45) is 11.1 Å². The molecule has 1 atom stereocenters. The van der Waals surface area contributed by atoms with Crippen LogP contribution in [0.1, 0.15) is 59.9 Å². The molecule has 112 valence electrons. The van der Waals surface area contributed by atoms with Gasteiger partial charge in [-0.05, 0) is 54.0 Å². The molecule has 0 aliphatic carbocycles. The van der Waals surface area contributed by atoms with Crippen LogP contribution in [0.5, 0.6) is 0 Å². The summed E-state index contributed by atoms with van der Waals surface area (Å²) < 4.78 is 0. The number of anilines is 1. The highest BCUT2D eigenvalue weighted by molar-refractivity contribution is 5.67. The second-order valence-corrected chi connectivity index (χ2v) is 7.09. The van der Waals surface area contributed by atoms with Gasteiger partial charge in [0.25, 0.3) is 0 Å². The molecule has 1 aromatic rings. The Morgan fingerprint density at radius 3 is 2.30 bits per heavy atom. The average molecular weight is 276 g/mol. The van der Waals surface area contributed by atoms with E-state index in [0.717, 1.165) is 17.7 Å². The van der Waals surface area contributed by atoms with Crippen molar-refractivity contribution in [1.82, 2.24) is 0 Å². The molecule has 1 N–H and O–H groups in total. The van der Waals surface area contributed by atoms with Gasteiger partial charge in [-0.15, -0.1) is 4.91 Å². The maximum Gasteiger partial charge on any atom is 0.131 e. The Labute approximate surface area is 123 Å². The van der Waals surface area contributed by atoms with Gasteiger partial charge in [-0.2, -0.15) is 0 Å². The van der Waals surface area contributed by atoms with E-state index in [4.69, 9.17) is 0 Å². The van der Waals surface area contributed by atoms with Crippen molar-refractivity contribution < 1.29 is 0 Å². The number of nitrogens with one attached hydrogen (secondary N) is 1. The summed E-state index contributed by atoms with van der Waals surface area (Å²) in [5.41, 5.74) is 2.51. The van der Waals surface area contributed by atoms with Crippen molar-refractivity contribution in [3.8, 4) is 0 Å². The van der Waals surface area contributed by atoms with Crippen LogP contribution in [0.4, 0.5) is 11.4 Å². The van der Waals surface area contributed by atoms with Gasteiger partial charge < -0.3 is 5.32 Å². The van der Waals surface area contributed by atoms with Gasteiger partial charge in [0, 0.05) is 6.04 Å². The average Bonchev–Trinajstić information content (AvgIpc) is 2.35. The third-order valence-electron chi connectivity index (χ3n) is 3.54. The van der Waals surface area contributed by atoms with E-state index in [9.17, 15) is 4.91 Å². The smallest absolute Gasteiger partial charge is 0.131 e. The fourth-order valence-corrected chi connectivity index (χ4v) is 2.12. The number of hydrogen-bond donors (Lipinski definition) is 1. The molecule has 0 saturated carbocycles. The molecule has 0 fully saturated rings. The molecule has 3 nitrogen and oxygen atoms in total. The summed E-state index contributed by atoms with van der Waals surface area (Å²) >= 11 is 0. The van der Waals surface area contributed by atoms with Crippen molar-refractivity contribution in [2.45, 2.75) is 65.8 Å². The van der Waals surface area contributed by atoms with Crippen molar-refractivity contribution in [3.63, 3.8) is 0 Å². The summed E-state index contributed by atoms with van der Waals surface area (Å²) in [6, 6.07) is 6.29. The molecule has 0 spiro atoms. The lowest BCUT2D eigenvalue weighted by Crippen LogP contribution is -2.16. The van der Waals surface area contributed by atoms with E-state index in [2.05, 4.69) is 58.1 Å². The maximum atomic E-state index is 11.1. The molecule has 1 aromatic carbocycles. The molecule has 3 heteroatoms. The maximum absolute atomic E-state index is 11.1. The summed E-state index contributed by atoms with van der Waals surface area (Å²) in [5.74, 6) is 0.700. The molecule has 20 heavy (non-hydrogen) atoms. The summed E-state index contributed by atoms with van der Waals surface area (Å²) in [7, 11) is 0. The highest BCUT2D eigenvalue weighted by atomic mass is 16.3. The number of benzene rings is 1. The van der Waals surface area contributed by atoms with Crippen molar-refractivity contribution in [2.75, 3.05) is 5.32 Å². The first-order chi connectivity index (χ1) is 9.24. The van der Waals surface area contributed by atoms with E-state index < -0.39 is 0 Å². The number of rotatable bonds is 6. The zero-order valence-electron chi connectivity index (χ0n) is 13.7. The van der Waals surface area contributed by atoms with Crippen LogP contribution in [0.25, 0.3) is 0 Å². The lowest BCUT2D eigenvalue weighted by Gasteiger charge is -2.21. The molecule has 0 aromatic heterocycles. The third-order valence-corrected chi connectivity index (χ3v) is 3.54. The first kappa shape index (κ1) is 16.7. The van der Waals surface area contributed by atoms with E-state index in [1.807, 2.05) is 12.1 Å². The van der Waals surface area contributed by atoms with E-state index in [1.54, 1.807) is 0 Å². The van der Waals surface area contributed by atoms with Gasteiger partial charge in [0.05, 0.1) is 5.69 Å². The van der Waals surface area contributed by atoms with Gasteiger partial charge in [-0.1, -0.05) is 40.7 Å². The standard InChI is InChI=1S/C17H28N2O/c1-12(2)7-8-13(3)18-15-10-9-14(17(4,5)6)11-16(15)19-20/h9-13,18H,7-8H2,1-6H3. The van der Waals surface area contributed by atoms with Crippen LogP contribution in [-0.2, 0) is 5.41 Å². The SMILES string of the molecule is CC(C)CCC(C)Nc1ccc(C(C)(C)C)cc1N=O. The summed E-state index contributed by atoms with van der Waals surface area (Å²) in [6.07, 6.45) is 2.27. The molecule has 0 saturated heterocycles. The van der Waals surface area contributed by atoms with E-state index in [1.165, 1.54) is 6.42 Å². The Balaban J connectivity index is 2.83. The topological polar surface area (TPSA) is 41.5 Å². The minimum Gasteiger partial charge on any atom is -0.381 e. The minimum absolute atomic E-state index is 0.0290. The molecular formula is C17H28N2O. The molecule has 0 aliphatic rings. The molecule has 1 rings (SSSR count). The Morgan fingerprint density at radius 2 is 1.80 bits per heavy atom. The van der Waals surface area contributed by atoms with Crippen LogP contribution in [0.15, 0.2) is 23.4 Å². The Morgan fingerprint density at radius 1 is 1.15 bits per heavy atom. The Kier molecular flexibility index (Phi) is 5.73. The van der Waals surface area contributed by atoms with Gasteiger partial charge in [0.1, 0.15) is 5.69 Å². The van der Waals surface area contributed by atoms with Crippen LogP contribution < -0.4 is 5.32 Å². The number of hydrogen-bond acceptors (Lipinski definition) is 3. The minimum atomic E-state index is 0.0290. The lowest BCUT2D eigenvalue weighted by atomic mass is 9.86. The van der Waals surface area contributed by atoms with Gasteiger partial charge in [0.2, 0.25) is 0 Å². The van der Waals surface area contributed by atoms with Gasteiger partial charge in [-0.3, -0.25) is 0 Å².